The molecule has 0 radical (unpaired) electrons. The van der Waals surface area contributed by atoms with Crippen LogP contribution in [0.5, 0.6) is 0 Å². The Bertz CT molecular complexity index is 434. The number of pyridine rings is 1. The summed E-state index contributed by atoms with van der Waals surface area (Å²) in [5.41, 5.74) is 0.764. The zero-order chi connectivity index (χ0) is 15.1. The van der Waals surface area contributed by atoms with Crippen LogP contribution in [0.15, 0.2) is 18.3 Å². The molecule has 1 fully saturated rings. The van der Waals surface area contributed by atoms with Crippen molar-refractivity contribution in [3.8, 4) is 0 Å². The molecule has 116 valence electrons. The topological polar surface area (TPSA) is 48.5 Å². The van der Waals surface area contributed by atoms with Gasteiger partial charge in [-0.25, -0.2) is 9.78 Å². The maximum atomic E-state index is 12.2. The fourth-order valence-corrected chi connectivity index (χ4v) is 2.67. The van der Waals surface area contributed by atoms with Crippen molar-refractivity contribution in [3.05, 3.63) is 18.3 Å². The van der Waals surface area contributed by atoms with Gasteiger partial charge in [-0.05, 0) is 38.8 Å². The van der Waals surface area contributed by atoms with Crippen LogP contribution >= 0.6 is 0 Å². The van der Waals surface area contributed by atoms with E-state index in [-0.39, 0.29) is 6.03 Å². The summed E-state index contributed by atoms with van der Waals surface area (Å²) in [5.74, 6) is 0.952. The van der Waals surface area contributed by atoms with Crippen LogP contribution < -0.4 is 10.2 Å². The second-order valence-corrected chi connectivity index (χ2v) is 5.41. The van der Waals surface area contributed by atoms with Crippen molar-refractivity contribution < 1.29 is 4.79 Å². The van der Waals surface area contributed by atoms with E-state index in [4.69, 9.17) is 0 Å². The average molecular weight is 290 g/mol. The molecule has 0 aliphatic carbocycles. The minimum atomic E-state index is -0.00529. The Labute approximate surface area is 127 Å². The molecule has 0 aromatic carbocycles. The molecule has 0 atom stereocenters. The summed E-state index contributed by atoms with van der Waals surface area (Å²) in [5, 5.41) is 2.95. The van der Waals surface area contributed by atoms with Crippen LogP contribution in [0.25, 0.3) is 0 Å². The molecular weight excluding hydrogens is 264 g/mol. The van der Waals surface area contributed by atoms with Gasteiger partial charge in [0.1, 0.15) is 5.82 Å². The van der Waals surface area contributed by atoms with Crippen molar-refractivity contribution in [2.75, 3.05) is 36.4 Å². The van der Waals surface area contributed by atoms with E-state index in [0.717, 1.165) is 50.5 Å². The van der Waals surface area contributed by atoms with Gasteiger partial charge in [-0.3, -0.25) is 0 Å². The lowest BCUT2D eigenvalue weighted by Crippen LogP contribution is -2.35. The van der Waals surface area contributed by atoms with Crippen molar-refractivity contribution in [1.29, 1.82) is 0 Å². The highest BCUT2D eigenvalue weighted by Crippen LogP contribution is 2.15. The van der Waals surface area contributed by atoms with Gasteiger partial charge >= 0.3 is 6.03 Å². The van der Waals surface area contributed by atoms with Crippen molar-refractivity contribution >= 4 is 17.5 Å². The Morgan fingerprint density at radius 2 is 1.86 bits per heavy atom. The normalized spacial score (nSPS) is 15.4. The van der Waals surface area contributed by atoms with Crippen LogP contribution in [-0.4, -0.2) is 42.1 Å². The van der Waals surface area contributed by atoms with E-state index >= 15 is 0 Å². The van der Waals surface area contributed by atoms with Crippen molar-refractivity contribution in [2.45, 2.75) is 39.5 Å². The second-order valence-electron chi connectivity index (χ2n) is 5.41. The Morgan fingerprint density at radius 3 is 2.38 bits per heavy atom. The third kappa shape index (κ3) is 4.34. The summed E-state index contributed by atoms with van der Waals surface area (Å²) < 4.78 is 0. The zero-order valence-corrected chi connectivity index (χ0v) is 13.1. The average Bonchev–Trinajstić information content (AvgIpc) is 2.79. The van der Waals surface area contributed by atoms with E-state index in [9.17, 15) is 4.79 Å². The molecule has 1 aromatic heterocycles. The first kappa shape index (κ1) is 15.6. The predicted molar refractivity (Wildman–Crippen MR) is 86.9 cm³/mol. The minimum Gasteiger partial charge on any atom is -0.357 e. The largest absolute Gasteiger partial charge is 0.357 e. The van der Waals surface area contributed by atoms with Crippen LogP contribution in [0.4, 0.5) is 16.3 Å². The Balaban J connectivity index is 1.94. The summed E-state index contributed by atoms with van der Waals surface area (Å²) in [6.07, 6.45) is 6.40. The molecule has 1 saturated heterocycles. The lowest BCUT2D eigenvalue weighted by atomic mass is 10.2. The van der Waals surface area contributed by atoms with Gasteiger partial charge in [0, 0.05) is 26.2 Å². The van der Waals surface area contributed by atoms with Gasteiger partial charge < -0.3 is 15.1 Å². The molecule has 5 nitrogen and oxygen atoms in total. The molecule has 5 heteroatoms. The third-order valence-corrected chi connectivity index (χ3v) is 3.98. The second kappa shape index (κ2) is 7.86. The van der Waals surface area contributed by atoms with Gasteiger partial charge in [-0.1, -0.05) is 12.8 Å². The Morgan fingerprint density at radius 1 is 1.19 bits per heavy atom. The number of anilines is 2. The van der Waals surface area contributed by atoms with Gasteiger partial charge in [-0.15, -0.1) is 0 Å². The van der Waals surface area contributed by atoms with E-state index in [1.165, 1.54) is 12.8 Å². The Kier molecular flexibility index (Phi) is 5.84. The number of carbonyl (C=O) groups is 1. The Hall–Kier alpha value is -1.78. The third-order valence-electron chi connectivity index (χ3n) is 3.98. The van der Waals surface area contributed by atoms with E-state index in [1.807, 2.05) is 17.0 Å². The highest BCUT2D eigenvalue weighted by Gasteiger charge is 2.15. The molecule has 1 aliphatic rings. The van der Waals surface area contributed by atoms with Gasteiger partial charge in [0.15, 0.2) is 0 Å². The van der Waals surface area contributed by atoms with Crippen LogP contribution in [0, 0.1) is 0 Å². The molecule has 1 aromatic rings. The molecule has 0 bridgehead atoms. The summed E-state index contributed by atoms with van der Waals surface area (Å²) in [6, 6.07) is 3.89. The molecule has 0 spiro atoms. The SMILES string of the molecule is CCN(CC)c1ccc(NC(=O)N2CCCCCC2)cn1. The fraction of sp³-hybridized carbons (Fsp3) is 0.625. The molecular formula is C16H26N4O. The monoisotopic (exact) mass is 290 g/mol. The summed E-state index contributed by atoms with van der Waals surface area (Å²) in [6.45, 7) is 7.81. The van der Waals surface area contributed by atoms with Crippen LogP contribution in [0.2, 0.25) is 0 Å². The molecule has 2 heterocycles. The fourth-order valence-electron chi connectivity index (χ4n) is 2.67. The van der Waals surface area contributed by atoms with Gasteiger partial charge in [0.2, 0.25) is 0 Å². The van der Waals surface area contributed by atoms with E-state index in [1.54, 1.807) is 6.20 Å². The standard InChI is InChI=1S/C16H26N4O/c1-3-19(4-2)15-10-9-14(13-17-15)18-16(21)20-11-7-5-6-8-12-20/h9-10,13H,3-8,11-12H2,1-2H3,(H,18,21). The summed E-state index contributed by atoms with van der Waals surface area (Å²) >= 11 is 0. The van der Waals surface area contributed by atoms with E-state index < -0.39 is 0 Å². The molecule has 2 amide bonds. The molecule has 0 saturated carbocycles. The van der Waals surface area contributed by atoms with Gasteiger partial charge in [0.05, 0.1) is 11.9 Å². The number of nitrogens with zero attached hydrogens (tertiary/aromatic N) is 3. The number of amides is 2. The molecule has 1 aliphatic heterocycles. The van der Waals surface area contributed by atoms with Gasteiger partial charge in [0.25, 0.3) is 0 Å². The maximum absolute atomic E-state index is 12.2. The quantitative estimate of drug-likeness (QED) is 0.925. The lowest BCUT2D eigenvalue weighted by molar-refractivity contribution is 0.214. The number of urea groups is 1. The van der Waals surface area contributed by atoms with Crippen LogP contribution in [0.1, 0.15) is 39.5 Å². The smallest absolute Gasteiger partial charge is 0.321 e. The maximum Gasteiger partial charge on any atom is 0.321 e. The number of likely N-dealkylation sites (tertiary alicyclic amines) is 1. The van der Waals surface area contributed by atoms with Crippen LogP contribution in [-0.2, 0) is 0 Å². The van der Waals surface area contributed by atoms with Gasteiger partial charge in [-0.2, -0.15) is 0 Å². The first-order valence-corrected chi connectivity index (χ1v) is 8.01. The number of hydrogen-bond donors (Lipinski definition) is 1. The summed E-state index contributed by atoms with van der Waals surface area (Å²) in [7, 11) is 0. The van der Waals surface area contributed by atoms with Crippen molar-refractivity contribution in [3.63, 3.8) is 0 Å². The number of rotatable bonds is 4. The molecule has 2 rings (SSSR count). The number of carbonyl (C=O) groups excluding carboxylic acids is 1. The molecule has 21 heavy (non-hydrogen) atoms. The predicted octanol–water partition coefficient (Wildman–Crippen LogP) is 3.34. The number of aromatic nitrogens is 1. The molecule has 0 unspecified atom stereocenters. The van der Waals surface area contributed by atoms with Crippen molar-refractivity contribution in [2.24, 2.45) is 0 Å². The van der Waals surface area contributed by atoms with Crippen LogP contribution in [0.3, 0.4) is 0 Å². The first-order chi connectivity index (χ1) is 10.2. The first-order valence-electron chi connectivity index (χ1n) is 8.01. The number of nitrogens with one attached hydrogen (secondary N) is 1. The van der Waals surface area contributed by atoms with E-state index in [2.05, 4.69) is 29.0 Å². The zero-order valence-electron chi connectivity index (χ0n) is 13.1. The highest BCUT2D eigenvalue weighted by molar-refractivity contribution is 5.89. The number of hydrogen-bond acceptors (Lipinski definition) is 3. The highest BCUT2D eigenvalue weighted by atomic mass is 16.2. The van der Waals surface area contributed by atoms with Crippen molar-refractivity contribution in [1.82, 2.24) is 9.88 Å². The summed E-state index contributed by atoms with van der Waals surface area (Å²) in [4.78, 5) is 20.7. The molecule has 1 N–H and O–H groups in total. The minimum absolute atomic E-state index is 0.00529. The lowest BCUT2D eigenvalue weighted by Gasteiger charge is -2.22. The van der Waals surface area contributed by atoms with E-state index in [0.29, 0.717) is 0 Å².